The lowest BCUT2D eigenvalue weighted by Crippen LogP contribution is -2.13. The number of carbonyl (C=O) groups is 2. The highest BCUT2D eigenvalue weighted by Crippen LogP contribution is 2.26. The molecule has 1 aromatic heterocycles. The maximum atomic E-state index is 12.5. The fourth-order valence-corrected chi connectivity index (χ4v) is 4.36. The van der Waals surface area contributed by atoms with Crippen molar-refractivity contribution in [2.75, 3.05) is 16.4 Å². The number of nitro benzene ring substituents is 1. The van der Waals surface area contributed by atoms with Crippen molar-refractivity contribution < 1.29 is 14.5 Å². The van der Waals surface area contributed by atoms with Gasteiger partial charge in [0.1, 0.15) is 0 Å². The van der Waals surface area contributed by atoms with Crippen LogP contribution in [0.2, 0.25) is 0 Å². The van der Waals surface area contributed by atoms with Gasteiger partial charge in [0.15, 0.2) is 4.34 Å². The van der Waals surface area contributed by atoms with Gasteiger partial charge in [-0.3, -0.25) is 25.0 Å². The zero-order valence-electron chi connectivity index (χ0n) is 16.3. The highest BCUT2D eigenvalue weighted by molar-refractivity contribution is 8.01. The quantitative estimate of drug-likeness (QED) is 0.177. The number of benzene rings is 3. The van der Waals surface area contributed by atoms with Crippen LogP contribution in [0.25, 0.3) is 10.8 Å². The predicted molar refractivity (Wildman–Crippen MR) is 124 cm³/mol. The molecule has 2 N–H and O–H groups in total. The fraction of sp³-hybridized carbons (Fsp3) is 0.0476. The first-order valence-corrected chi connectivity index (χ1v) is 11.1. The number of rotatable bonds is 7. The molecule has 1 heterocycles. The van der Waals surface area contributed by atoms with Crippen molar-refractivity contribution in [3.05, 3.63) is 82.4 Å². The summed E-state index contributed by atoms with van der Waals surface area (Å²) in [5.41, 5.74) is 0.918. The van der Waals surface area contributed by atoms with E-state index in [-0.39, 0.29) is 23.3 Å². The summed E-state index contributed by atoms with van der Waals surface area (Å²) in [6.45, 7) is 0. The summed E-state index contributed by atoms with van der Waals surface area (Å²) in [4.78, 5) is 34.8. The van der Waals surface area contributed by atoms with Crippen molar-refractivity contribution in [3.8, 4) is 0 Å². The molecule has 0 aliphatic rings. The van der Waals surface area contributed by atoms with Gasteiger partial charge in [-0.15, -0.1) is 10.2 Å². The van der Waals surface area contributed by atoms with E-state index in [4.69, 9.17) is 0 Å². The second-order valence-electron chi connectivity index (χ2n) is 6.53. The van der Waals surface area contributed by atoms with Crippen LogP contribution in [-0.2, 0) is 4.79 Å². The monoisotopic (exact) mass is 465 g/mol. The van der Waals surface area contributed by atoms with Crippen LogP contribution in [0.15, 0.2) is 71.1 Å². The van der Waals surface area contributed by atoms with Gasteiger partial charge in [-0.25, -0.2) is 0 Å². The van der Waals surface area contributed by atoms with Crippen molar-refractivity contribution in [1.82, 2.24) is 10.2 Å². The summed E-state index contributed by atoms with van der Waals surface area (Å²) in [7, 11) is 0. The third-order valence-corrected chi connectivity index (χ3v) is 6.30. The number of carbonyl (C=O) groups excluding carboxylic acids is 2. The van der Waals surface area contributed by atoms with Crippen molar-refractivity contribution in [3.63, 3.8) is 0 Å². The minimum atomic E-state index is -0.507. The molecule has 3 aromatic carbocycles. The number of amides is 2. The molecule has 2 amide bonds. The largest absolute Gasteiger partial charge is 0.325 e. The lowest BCUT2D eigenvalue weighted by atomic mass is 10.1. The number of nitrogens with zero attached hydrogens (tertiary/aromatic N) is 3. The average molecular weight is 466 g/mol. The first-order valence-electron chi connectivity index (χ1n) is 9.29. The van der Waals surface area contributed by atoms with Gasteiger partial charge in [-0.1, -0.05) is 53.4 Å². The topological polar surface area (TPSA) is 127 Å². The number of aromatic nitrogens is 2. The van der Waals surface area contributed by atoms with Crippen molar-refractivity contribution in [2.45, 2.75) is 4.34 Å². The SMILES string of the molecule is O=C(CSc1nnc(NC(=O)c2ccc3ccccc3c2)s1)Nc1ccc([N+](=O)[O-])cc1. The first-order chi connectivity index (χ1) is 15.5. The molecule has 0 fully saturated rings. The van der Waals surface area contributed by atoms with Crippen molar-refractivity contribution in [1.29, 1.82) is 0 Å². The Kier molecular flexibility index (Phi) is 6.38. The van der Waals surface area contributed by atoms with Crippen LogP contribution >= 0.6 is 23.1 Å². The third-order valence-electron chi connectivity index (χ3n) is 4.33. The Bertz CT molecular complexity index is 1310. The van der Waals surface area contributed by atoms with Gasteiger partial charge in [0.05, 0.1) is 10.7 Å². The molecule has 9 nitrogen and oxygen atoms in total. The van der Waals surface area contributed by atoms with Crippen LogP contribution in [-0.4, -0.2) is 32.7 Å². The Labute approximate surface area is 190 Å². The minimum Gasteiger partial charge on any atom is -0.325 e. The zero-order valence-corrected chi connectivity index (χ0v) is 18.0. The zero-order chi connectivity index (χ0) is 22.5. The number of anilines is 2. The summed E-state index contributed by atoms with van der Waals surface area (Å²) in [5, 5.41) is 26.3. The molecule has 0 aliphatic carbocycles. The molecule has 4 rings (SSSR count). The van der Waals surface area contributed by atoms with E-state index in [0.29, 0.717) is 20.7 Å². The van der Waals surface area contributed by atoms with E-state index in [2.05, 4.69) is 20.8 Å². The lowest BCUT2D eigenvalue weighted by molar-refractivity contribution is -0.384. The maximum absolute atomic E-state index is 12.5. The molecular weight excluding hydrogens is 450 g/mol. The molecule has 0 aliphatic heterocycles. The van der Waals surface area contributed by atoms with Crippen molar-refractivity contribution in [2.24, 2.45) is 0 Å². The molecule has 0 unspecified atom stereocenters. The molecule has 0 bridgehead atoms. The van der Waals surface area contributed by atoms with Crippen LogP contribution in [0.4, 0.5) is 16.5 Å². The van der Waals surface area contributed by atoms with Gasteiger partial charge in [0.25, 0.3) is 11.6 Å². The van der Waals surface area contributed by atoms with E-state index in [1.165, 1.54) is 47.4 Å². The van der Waals surface area contributed by atoms with E-state index in [0.717, 1.165) is 10.8 Å². The van der Waals surface area contributed by atoms with Crippen LogP contribution in [0, 0.1) is 10.1 Å². The maximum Gasteiger partial charge on any atom is 0.269 e. The van der Waals surface area contributed by atoms with Crippen LogP contribution in [0.5, 0.6) is 0 Å². The number of fused-ring (bicyclic) bond motifs is 1. The highest BCUT2D eigenvalue weighted by Gasteiger charge is 2.13. The smallest absolute Gasteiger partial charge is 0.269 e. The standard InChI is InChI=1S/C21H15N5O4S2/c27-18(22-16-7-9-17(10-8-16)26(29)30)12-31-21-25-24-20(32-21)23-19(28)15-6-5-13-3-1-2-4-14(13)11-15/h1-11H,12H2,(H,22,27)(H,23,24,28). The molecule has 0 saturated carbocycles. The fourth-order valence-electron chi connectivity index (χ4n) is 2.81. The molecule has 32 heavy (non-hydrogen) atoms. The van der Waals surface area contributed by atoms with E-state index in [1.807, 2.05) is 36.4 Å². The Balaban J connectivity index is 1.30. The molecular formula is C21H15N5O4S2. The van der Waals surface area contributed by atoms with E-state index in [9.17, 15) is 19.7 Å². The van der Waals surface area contributed by atoms with Crippen LogP contribution < -0.4 is 10.6 Å². The van der Waals surface area contributed by atoms with Crippen LogP contribution in [0.3, 0.4) is 0 Å². The minimum absolute atomic E-state index is 0.0514. The average Bonchev–Trinajstić information content (AvgIpc) is 3.25. The van der Waals surface area contributed by atoms with Gasteiger partial charge >= 0.3 is 0 Å². The molecule has 0 saturated heterocycles. The van der Waals surface area contributed by atoms with E-state index < -0.39 is 4.92 Å². The third kappa shape index (κ3) is 5.25. The summed E-state index contributed by atoms with van der Waals surface area (Å²) in [6, 6.07) is 18.8. The van der Waals surface area contributed by atoms with Crippen molar-refractivity contribution >= 4 is 62.2 Å². The van der Waals surface area contributed by atoms with Crippen LogP contribution in [0.1, 0.15) is 10.4 Å². The normalized spacial score (nSPS) is 10.6. The first kappa shape index (κ1) is 21.4. The Morgan fingerprint density at radius 1 is 0.969 bits per heavy atom. The lowest BCUT2D eigenvalue weighted by Gasteiger charge is -2.04. The van der Waals surface area contributed by atoms with Gasteiger partial charge < -0.3 is 5.32 Å². The summed E-state index contributed by atoms with van der Waals surface area (Å²) < 4.78 is 0.526. The van der Waals surface area contributed by atoms with Gasteiger partial charge in [0.2, 0.25) is 11.0 Å². The molecule has 0 radical (unpaired) electrons. The highest BCUT2D eigenvalue weighted by atomic mass is 32.2. The number of nitrogens with one attached hydrogen (secondary N) is 2. The summed E-state index contributed by atoms with van der Waals surface area (Å²) in [5.74, 6) is -0.510. The second kappa shape index (κ2) is 9.54. The number of thioether (sulfide) groups is 1. The summed E-state index contributed by atoms with van der Waals surface area (Å²) >= 11 is 2.34. The number of hydrogen-bond donors (Lipinski definition) is 2. The molecule has 0 spiro atoms. The molecule has 4 aromatic rings. The molecule has 11 heteroatoms. The van der Waals surface area contributed by atoms with Gasteiger partial charge in [-0.05, 0) is 35.0 Å². The van der Waals surface area contributed by atoms with Gasteiger partial charge in [-0.2, -0.15) is 0 Å². The number of hydrogen-bond acceptors (Lipinski definition) is 8. The number of nitro groups is 1. The predicted octanol–water partition coefficient (Wildman–Crippen LogP) is 4.58. The second-order valence-corrected chi connectivity index (χ2v) is 8.73. The molecule has 160 valence electrons. The van der Waals surface area contributed by atoms with Gasteiger partial charge in [0, 0.05) is 23.4 Å². The Hall–Kier alpha value is -3.83. The van der Waals surface area contributed by atoms with E-state index in [1.54, 1.807) is 6.07 Å². The Morgan fingerprint density at radius 2 is 1.72 bits per heavy atom. The summed E-state index contributed by atoms with van der Waals surface area (Å²) in [6.07, 6.45) is 0. The number of non-ortho nitro benzene ring substituents is 1. The van der Waals surface area contributed by atoms with E-state index >= 15 is 0 Å². The Morgan fingerprint density at radius 3 is 2.47 bits per heavy atom. The molecule has 0 atom stereocenters.